The SMILES string of the molecule is Cc1nn(CC(=O)Nc2ccccc2)c(C)c1Br. The van der Waals surface area contributed by atoms with Crippen molar-refractivity contribution < 1.29 is 4.79 Å². The standard InChI is InChI=1S/C13H14BrN3O/c1-9-13(14)10(2)17(16-9)8-12(18)15-11-6-4-3-5-7-11/h3-7H,8H2,1-2H3,(H,15,18). The van der Waals surface area contributed by atoms with Crippen molar-refractivity contribution in [2.45, 2.75) is 20.4 Å². The fourth-order valence-corrected chi connectivity index (χ4v) is 1.97. The van der Waals surface area contributed by atoms with Crippen molar-refractivity contribution in [1.82, 2.24) is 9.78 Å². The molecule has 94 valence electrons. The van der Waals surface area contributed by atoms with Crippen LogP contribution in [-0.2, 0) is 11.3 Å². The minimum atomic E-state index is -0.0840. The highest BCUT2D eigenvalue weighted by atomic mass is 79.9. The Bertz CT molecular complexity index is 563. The fourth-order valence-electron chi connectivity index (χ4n) is 1.69. The van der Waals surface area contributed by atoms with E-state index < -0.39 is 0 Å². The Labute approximate surface area is 114 Å². The Morgan fingerprint density at radius 1 is 1.33 bits per heavy atom. The van der Waals surface area contributed by atoms with E-state index >= 15 is 0 Å². The molecule has 1 amide bonds. The molecule has 18 heavy (non-hydrogen) atoms. The van der Waals surface area contributed by atoms with Gasteiger partial charge in [0.2, 0.25) is 5.91 Å². The van der Waals surface area contributed by atoms with Crippen LogP contribution in [0.15, 0.2) is 34.8 Å². The lowest BCUT2D eigenvalue weighted by Crippen LogP contribution is -2.20. The molecule has 0 fully saturated rings. The Morgan fingerprint density at radius 3 is 2.56 bits per heavy atom. The molecule has 2 rings (SSSR count). The molecule has 1 aromatic heterocycles. The zero-order chi connectivity index (χ0) is 13.1. The molecule has 0 radical (unpaired) electrons. The van der Waals surface area contributed by atoms with Gasteiger partial charge in [-0.1, -0.05) is 18.2 Å². The van der Waals surface area contributed by atoms with Gasteiger partial charge >= 0.3 is 0 Å². The maximum atomic E-state index is 11.9. The summed E-state index contributed by atoms with van der Waals surface area (Å²) in [7, 11) is 0. The summed E-state index contributed by atoms with van der Waals surface area (Å²) in [5, 5.41) is 7.13. The lowest BCUT2D eigenvalue weighted by molar-refractivity contribution is -0.116. The van der Waals surface area contributed by atoms with Gasteiger partial charge in [0.1, 0.15) is 6.54 Å². The molecule has 0 bridgehead atoms. The van der Waals surface area contributed by atoms with Crippen LogP contribution in [0.4, 0.5) is 5.69 Å². The van der Waals surface area contributed by atoms with Crippen LogP contribution in [0.5, 0.6) is 0 Å². The summed E-state index contributed by atoms with van der Waals surface area (Å²) in [5.41, 5.74) is 2.64. The first-order valence-electron chi connectivity index (χ1n) is 5.62. The number of para-hydroxylation sites is 1. The highest BCUT2D eigenvalue weighted by Crippen LogP contribution is 2.19. The number of hydrogen-bond donors (Lipinski definition) is 1. The number of aryl methyl sites for hydroxylation is 1. The normalized spacial score (nSPS) is 10.4. The third kappa shape index (κ3) is 2.79. The van der Waals surface area contributed by atoms with E-state index in [0.717, 1.165) is 21.5 Å². The van der Waals surface area contributed by atoms with E-state index in [4.69, 9.17) is 0 Å². The summed E-state index contributed by atoms with van der Waals surface area (Å²) >= 11 is 3.44. The summed E-state index contributed by atoms with van der Waals surface area (Å²) < 4.78 is 2.65. The topological polar surface area (TPSA) is 46.9 Å². The van der Waals surface area contributed by atoms with Crippen molar-refractivity contribution in [2.24, 2.45) is 0 Å². The number of hydrogen-bond acceptors (Lipinski definition) is 2. The summed E-state index contributed by atoms with van der Waals surface area (Å²) in [4.78, 5) is 11.9. The van der Waals surface area contributed by atoms with Gasteiger partial charge in [0.25, 0.3) is 0 Å². The highest BCUT2D eigenvalue weighted by Gasteiger charge is 2.11. The van der Waals surface area contributed by atoms with Gasteiger partial charge in [-0.3, -0.25) is 9.48 Å². The third-order valence-corrected chi connectivity index (χ3v) is 3.79. The lowest BCUT2D eigenvalue weighted by Gasteiger charge is -2.06. The molecule has 0 spiro atoms. The maximum Gasteiger partial charge on any atom is 0.246 e. The fraction of sp³-hybridized carbons (Fsp3) is 0.231. The maximum absolute atomic E-state index is 11.9. The zero-order valence-corrected chi connectivity index (χ0v) is 11.9. The molecule has 0 unspecified atom stereocenters. The number of halogens is 1. The molecule has 1 heterocycles. The highest BCUT2D eigenvalue weighted by molar-refractivity contribution is 9.10. The molecule has 4 nitrogen and oxygen atoms in total. The van der Waals surface area contributed by atoms with Crippen molar-refractivity contribution in [2.75, 3.05) is 5.32 Å². The Balaban J connectivity index is 2.06. The second kappa shape index (κ2) is 5.35. The number of anilines is 1. The molecule has 1 N–H and O–H groups in total. The monoisotopic (exact) mass is 307 g/mol. The van der Waals surface area contributed by atoms with Crippen molar-refractivity contribution >= 4 is 27.5 Å². The molecular weight excluding hydrogens is 294 g/mol. The molecule has 1 aromatic carbocycles. The number of carbonyl (C=O) groups is 1. The van der Waals surface area contributed by atoms with Crippen LogP contribution in [0.25, 0.3) is 0 Å². The average Bonchev–Trinajstić information content (AvgIpc) is 2.58. The number of nitrogens with zero attached hydrogens (tertiary/aromatic N) is 2. The predicted molar refractivity (Wildman–Crippen MR) is 74.5 cm³/mol. The first kappa shape index (κ1) is 12.8. The van der Waals surface area contributed by atoms with Crippen molar-refractivity contribution in [3.8, 4) is 0 Å². The summed E-state index contributed by atoms with van der Waals surface area (Å²) in [6.45, 7) is 4.05. The van der Waals surface area contributed by atoms with E-state index in [1.54, 1.807) is 4.68 Å². The number of amides is 1. The smallest absolute Gasteiger partial charge is 0.246 e. The van der Waals surface area contributed by atoms with Gasteiger partial charge in [0, 0.05) is 5.69 Å². The van der Waals surface area contributed by atoms with E-state index in [0.29, 0.717) is 0 Å². The summed E-state index contributed by atoms with van der Waals surface area (Å²) in [5.74, 6) is -0.0840. The summed E-state index contributed by atoms with van der Waals surface area (Å²) in [6, 6.07) is 9.39. The first-order chi connectivity index (χ1) is 8.58. The van der Waals surface area contributed by atoms with Gasteiger partial charge in [-0.15, -0.1) is 0 Å². The second-order valence-electron chi connectivity index (χ2n) is 4.06. The number of benzene rings is 1. The second-order valence-corrected chi connectivity index (χ2v) is 4.85. The van der Waals surface area contributed by atoms with E-state index in [9.17, 15) is 4.79 Å². The molecule has 0 saturated heterocycles. The van der Waals surface area contributed by atoms with Crippen molar-refractivity contribution in [3.05, 3.63) is 46.2 Å². The van der Waals surface area contributed by atoms with Crippen LogP contribution in [0.1, 0.15) is 11.4 Å². The average molecular weight is 308 g/mol. The van der Waals surface area contributed by atoms with Crippen LogP contribution < -0.4 is 5.32 Å². The first-order valence-corrected chi connectivity index (χ1v) is 6.41. The molecule has 0 saturated carbocycles. The third-order valence-electron chi connectivity index (χ3n) is 2.64. The van der Waals surface area contributed by atoms with E-state index in [1.165, 1.54) is 0 Å². The Kier molecular flexibility index (Phi) is 3.81. The number of carbonyl (C=O) groups excluding carboxylic acids is 1. The van der Waals surface area contributed by atoms with Gasteiger partial charge in [-0.2, -0.15) is 5.10 Å². The molecule has 5 heteroatoms. The molecule has 0 aliphatic rings. The van der Waals surface area contributed by atoms with E-state index in [1.807, 2.05) is 44.2 Å². The minimum Gasteiger partial charge on any atom is -0.324 e. The van der Waals surface area contributed by atoms with Crippen LogP contribution in [0.3, 0.4) is 0 Å². The van der Waals surface area contributed by atoms with Crippen LogP contribution in [0.2, 0.25) is 0 Å². The zero-order valence-electron chi connectivity index (χ0n) is 10.3. The quantitative estimate of drug-likeness (QED) is 0.947. The molecule has 0 atom stereocenters. The number of rotatable bonds is 3. The van der Waals surface area contributed by atoms with Crippen molar-refractivity contribution in [3.63, 3.8) is 0 Å². The van der Waals surface area contributed by atoms with E-state index in [-0.39, 0.29) is 12.5 Å². The van der Waals surface area contributed by atoms with Gasteiger partial charge in [0.15, 0.2) is 0 Å². The Hall–Kier alpha value is -1.62. The summed E-state index contributed by atoms with van der Waals surface area (Å²) in [6.07, 6.45) is 0. The van der Waals surface area contributed by atoms with Gasteiger partial charge in [-0.05, 0) is 41.9 Å². The van der Waals surface area contributed by atoms with Crippen LogP contribution >= 0.6 is 15.9 Å². The van der Waals surface area contributed by atoms with Gasteiger partial charge < -0.3 is 5.32 Å². The van der Waals surface area contributed by atoms with Gasteiger partial charge in [-0.25, -0.2) is 0 Å². The lowest BCUT2D eigenvalue weighted by atomic mass is 10.3. The van der Waals surface area contributed by atoms with Crippen molar-refractivity contribution in [1.29, 1.82) is 0 Å². The van der Waals surface area contributed by atoms with Gasteiger partial charge in [0.05, 0.1) is 15.9 Å². The predicted octanol–water partition coefficient (Wildman–Crippen LogP) is 2.90. The number of nitrogens with one attached hydrogen (secondary N) is 1. The largest absolute Gasteiger partial charge is 0.324 e. The molecular formula is C13H14BrN3O. The molecule has 2 aromatic rings. The van der Waals surface area contributed by atoms with E-state index in [2.05, 4.69) is 26.3 Å². The minimum absolute atomic E-state index is 0.0840. The Morgan fingerprint density at radius 2 is 2.00 bits per heavy atom. The van der Waals surface area contributed by atoms with Crippen LogP contribution in [0, 0.1) is 13.8 Å². The molecule has 0 aliphatic heterocycles. The molecule has 0 aliphatic carbocycles. The number of aromatic nitrogens is 2. The van der Waals surface area contributed by atoms with Crippen LogP contribution in [-0.4, -0.2) is 15.7 Å².